The van der Waals surface area contributed by atoms with Gasteiger partial charge in [-0.05, 0) is 42.5 Å². The first kappa shape index (κ1) is 14.4. The molecule has 2 aliphatic carbocycles. The Kier molecular flexibility index (Phi) is 3.10. The third-order valence-corrected chi connectivity index (χ3v) is 5.73. The van der Waals surface area contributed by atoms with Crippen LogP contribution < -0.4 is 5.32 Å². The highest BCUT2D eigenvalue weighted by Crippen LogP contribution is 2.62. The lowest BCUT2D eigenvalue weighted by Gasteiger charge is -2.33. The molecule has 2 unspecified atom stereocenters. The van der Waals surface area contributed by atoms with E-state index in [1.807, 2.05) is 26.0 Å². The van der Waals surface area contributed by atoms with E-state index in [-0.39, 0.29) is 17.6 Å². The molecule has 0 aliphatic heterocycles. The molecule has 0 saturated heterocycles. The van der Waals surface area contributed by atoms with E-state index in [4.69, 9.17) is 0 Å². The van der Waals surface area contributed by atoms with Crippen molar-refractivity contribution >= 4 is 39.1 Å². The van der Waals surface area contributed by atoms with E-state index >= 15 is 0 Å². The normalized spacial score (nSPS) is 29.8. The minimum Gasteiger partial charge on any atom is -0.325 e. The fourth-order valence-corrected chi connectivity index (χ4v) is 4.12. The van der Waals surface area contributed by atoms with E-state index in [2.05, 4.69) is 21.2 Å². The number of halogens is 1. The lowest BCUT2D eigenvalue weighted by Crippen LogP contribution is -2.47. The number of carbonyl (C=O) groups is 3. The number of ketones is 2. The molecule has 0 aromatic heterocycles. The van der Waals surface area contributed by atoms with Crippen molar-refractivity contribution in [3.63, 3.8) is 0 Å². The van der Waals surface area contributed by atoms with E-state index in [1.165, 1.54) is 0 Å². The highest BCUT2D eigenvalue weighted by Gasteiger charge is 2.72. The molecule has 0 heterocycles. The van der Waals surface area contributed by atoms with E-state index in [1.54, 1.807) is 12.1 Å². The molecule has 1 aromatic carbocycles. The second-order valence-electron chi connectivity index (χ2n) is 6.37. The number of anilines is 1. The summed E-state index contributed by atoms with van der Waals surface area (Å²) >= 11 is 3.33. The summed E-state index contributed by atoms with van der Waals surface area (Å²) in [5, 5.41) is 2.80. The molecular weight excluding hydrogens is 334 g/mol. The third kappa shape index (κ3) is 1.76. The monoisotopic (exact) mass is 349 g/mol. The highest BCUT2D eigenvalue weighted by molar-refractivity contribution is 9.10. The fraction of sp³-hybridized carbons (Fsp3) is 0.438. The van der Waals surface area contributed by atoms with Crippen LogP contribution in [0.4, 0.5) is 5.69 Å². The van der Waals surface area contributed by atoms with Gasteiger partial charge in [0.1, 0.15) is 5.41 Å². The van der Waals surface area contributed by atoms with Gasteiger partial charge in [0.05, 0.1) is 0 Å². The molecule has 1 aromatic rings. The van der Waals surface area contributed by atoms with Crippen LogP contribution in [-0.2, 0) is 14.4 Å². The van der Waals surface area contributed by atoms with Gasteiger partial charge >= 0.3 is 0 Å². The summed E-state index contributed by atoms with van der Waals surface area (Å²) < 4.78 is 0.909. The van der Waals surface area contributed by atoms with Crippen molar-refractivity contribution in [3.05, 3.63) is 28.7 Å². The van der Waals surface area contributed by atoms with Gasteiger partial charge < -0.3 is 5.32 Å². The Balaban J connectivity index is 1.95. The molecule has 3 rings (SSSR count). The molecular formula is C16H16BrNO3. The Labute approximate surface area is 131 Å². The van der Waals surface area contributed by atoms with Crippen LogP contribution in [0.1, 0.15) is 26.7 Å². The zero-order valence-corrected chi connectivity index (χ0v) is 13.5. The number of nitrogens with one attached hydrogen (secondary N) is 1. The lowest BCUT2D eigenvalue weighted by molar-refractivity contribution is -0.147. The van der Waals surface area contributed by atoms with Crippen molar-refractivity contribution < 1.29 is 14.4 Å². The van der Waals surface area contributed by atoms with Crippen molar-refractivity contribution in [3.8, 4) is 0 Å². The van der Waals surface area contributed by atoms with E-state index in [9.17, 15) is 14.4 Å². The van der Waals surface area contributed by atoms with E-state index in [0.717, 1.165) is 4.47 Å². The first-order valence-electron chi connectivity index (χ1n) is 6.96. The van der Waals surface area contributed by atoms with Crippen LogP contribution in [0, 0.1) is 16.7 Å². The quantitative estimate of drug-likeness (QED) is 0.659. The van der Waals surface area contributed by atoms with Gasteiger partial charge in [0.15, 0.2) is 0 Å². The molecule has 110 valence electrons. The van der Waals surface area contributed by atoms with Gasteiger partial charge in [-0.15, -0.1) is 0 Å². The number of hydrogen-bond acceptors (Lipinski definition) is 3. The molecule has 1 amide bonds. The Hall–Kier alpha value is -1.49. The van der Waals surface area contributed by atoms with Gasteiger partial charge in [-0.1, -0.05) is 29.8 Å². The molecule has 5 heteroatoms. The maximum atomic E-state index is 12.8. The number of Topliss-reactive ketones (excluding diaryl/α,β-unsaturated/α-hetero) is 2. The topological polar surface area (TPSA) is 63.2 Å². The molecule has 2 atom stereocenters. The van der Waals surface area contributed by atoms with Crippen LogP contribution >= 0.6 is 15.9 Å². The van der Waals surface area contributed by atoms with Crippen LogP contribution in [0.5, 0.6) is 0 Å². The number of benzene rings is 1. The van der Waals surface area contributed by atoms with Gasteiger partial charge in [-0.2, -0.15) is 0 Å². The van der Waals surface area contributed by atoms with Crippen molar-refractivity contribution in [2.45, 2.75) is 26.7 Å². The molecule has 2 aliphatic rings. The molecule has 4 nitrogen and oxygen atoms in total. The van der Waals surface area contributed by atoms with Gasteiger partial charge in [-0.25, -0.2) is 0 Å². The van der Waals surface area contributed by atoms with Crippen molar-refractivity contribution in [1.82, 2.24) is 0 Å². The first-order valence-corrected chi connectivity index (χ1v) is 7.75. The SMILES string of the molecule is CC1(C)C2CCC1(C(=O)Nc1ccc(Br)cc1)C(=O)C2=O. The third-order valence-electron chi connectivity index (χ3n) is 5.20. The number of carbonyl (C=O) groups excluding carboxylic acids is 3. The predicted octanol–water partition coefficient (Wildman–Crippen LogP) is 2.96. The average molecular weight is 350 g/mol. The number of hydrogen-bond donors (Lipinski definition) is 1. The molecule has 2 saturated carbocycles. The minimum atomic E-state index is -1.21. The second-order valence-corrected chi connectivity index (χ2v) is 7.29. The number of rotatable bonds is 2. The van der Waals surface area contributed by atoms with Crippen LogP contribution in [-0.4, -0.2) is 17.5 Å². The first-order chi connectivity index (χ1) is 9.80. The molecule has 0 radical (unpaired) electrons. The average Bonchev–Trinajstić information content (AvgIpc) is 2.78. The number of amides is 1. The fourth-order valence-electron chi connectivity index (χ4n) is 3.86. The van der Waals surface area contributed by atoms with Crippen LogP contribution in [0.2, 0.25) is 0 Å². The molecule has 2 bridgehead atoms. The maximum absolute atomic E-state index is 12.8. The Morgan fingerprint density at radius 1 is 1.24 bits per heavy atom. The van der Waals surface area contributed by atoms with Crippen LogP contribution in [0.15, 0.2) is 28.7 Å². The predicted molar refractivity (Wildman–Crippen MR) is 81.7 cm³/mol. The summed E-state index contributed by atoms with van der Waals surface area (Å²) in [6.07, 6.45) is 1.07. The largest absolute Gasteiger partial charge is 0.325 e. The van der Waals surface area contributed by atoms with Gasteiger partial charge in [0.25, 0.3) is 0 Å². The van der Waals surface area contributed by atoms with Crippen molar-refractivity contribution in [1.29, 1.82) is 0 Å². The summed E-state index contributed by atoms with van der Waals surface area (Å²) in [5.41, 5.74) is -1.19. The summed E-state index contributed by atoms with van der Waals surface area (Å²) in [7, 11) is 0. The van der Waals surface area contributed by atoms with Crippen molar-refractivity contribution in [2.24, 2.45) is 16.7 Å². The van der Waals surface area contributed by atoms with Gasteiger partial charge in [-0.3, -0.25) is 14.4 Å². The standard InChI is InChI=1S/C16H16BrNO3/c1-15(2)11-7-8-16(15,13(20)12(11)19)14(21)18-10-5-3-9(17)4-6-10/h3-6,11H,7-8H2,1-2H3,(H,18,21). The zero-order chi connectivity index (χ0) is 15.4. The Bertz CT molecular complexity index is 650. The summed E-state index contributed by atoms with van der Waals surface area (Å²) in [6, 6.07) is 7.16. The summed E-state index contributed by atoms with van der Waals surface area (Å²) in [5.74, 6) is -1.57. The maximum Gasteiger partial charge on any atom is 0.239 e. The van der Waals surface area contributed by atoms with E-state index in [0.29, 0.717) is 18.5 Å². The summed E-state index contributed by atoms with van der Waals surface area (Å²) in [6.45, 7) is 3.71. The lowest BCUT2D eigenvalue weighted by atomic mass is 9.68. The zero-order valence-electron chi connectivity index (χ0n) is 11.9. The minimum absolute atomic E-state index is 0.319. The van der Waals surface area contributed by atoms with Gasteiger partial charge in [0, 0.05) is 16.1 Å². The van der Waals surface area contributed by atoms with Gasteiger partial charge in [0.2, 0.25) is 17.5 Å². The molecule has 1 N–H and O–H groups in total. The highest BCUT2D eigenvalue weighted by atomic mass is 79.9. The van der Waals surface area contributed by atoms with Crippen LogP contribution in [0.3, 0.4) is 0 Å². The smallest absolute Gasteiger partial charge is 0.239 e. The van der Waals surface area contributed by atoms with Crippen molar-refractivity contribution in [2.75, 3.05) is 5.32 Å². The molecule has 0 spiro atoms. The Morgan fingerprint density at radius 2 is 1.86 bits per heavy atom. The Morgan fingerprint density at radius 3 is 2.38 bits per heavy atom. The van der Waals surface area contributed by atoms with E-state index < -0.39 is 16.6 Å². The number of fused-ring (bicyclic) bond motifs is 2. The molecule has 21 heavy (non-hydrogen) atoms. The van der Waals surface area contributed by atoms with Crippen LogP contribution in [0.25, 0.3) is 0 Å². The molecule has 2 fully saturated rings. The summed E-state index contributed by atoms with van der Waals surface area (Å²) in [4.78, 5) is 37.2. The second kappa shape index (κ2) is 4.50.